The lowest BCUT2D eigenvalue weighted by Crippen LogP contribution is -2.43. The van der Waals surface area contributed by atoms with E-state index in [1.54, 1.807) is 0 Å². The Labute approximate surface area is 148 Å². The van der Waals surface area contributed by atoms with Crippen molar-refractivity contribution in [2.24, 2.45) is 7.05 Å². The molecule has 1 aliphatic rings. The number of hydrogen-bond donors (Lipinski definition) is 0. The second-order valence-electron chi connectivity index (χ2n) is 6.63. The Bertz CT molecular complexity index is 779. The molecule has 0 saturated carbocycles. The molecule has 3 rings (SSSR count). The molecule has 1 fully saturated rings. The Hall–Kier alpha value is -2.28. The average molecular weight is 343 g/mol. The fourth-order valence-corrected chi connectivity index (χ4v) is 3.30. The van der Waals surface area contributed by atoms with Crippen LogP contribution in [0.4, 0.5) is 0 Å². The average Bonchev–Trinajstić information content (AvgIpc) is 2.80. The van der Waals surface area contributed by atoms with Gasteiger partial charge in [-0.25, -0.2) is 9.97 Å². The van der Waals surface area contributed by atoms with Crippen molar-refractivity contribution in [1.82, 2.24) is 24.6 Å². The van der Waals surface area contributed by atoms with E-state index in [2.05, 4.69) is 15.1 Å². The molecule has 0 aromatic carbocycles. The molecule has 0 unspecified atom stereocenters. The van der Waals surface area contributed by atoms with Crippen LogP contribution in [0.2, 0.25) is 0 Å². The number of aryl methyl sites for hydroxylation is 4. The van der Waals surface area contributed by atoms with Crippen LogP contribution in [-0.4, -0.2) is 50.3 Å². The first-order valence-electron chi connectivity index (χ1n) is 8.55. The van der Waals surface area contributed by atoms with Gasteiger partial charge in [-0.15, -0.1) is 0 Å². The number of morpholine rings is 1. The Kier molecular flexibility index (Phi) is 4.85. The van der Waals surface area contributed by atoms with Gasteiger partial charge in [-0.05, 0) is 33.8 Å². The number of nitrogens with zero attached hydrogens (tertiary/aromatic N) is 5. The van der Waals surface area contributed by atoms with Crippen LogP contribution in [0.5, 0.6) is 0 Å². The predicted octanol–water partition coefficient (Wildman–Crippen LogP) is 1.59. The summed E-state index contributed by atoms with van der Waals surface area (Å²) in [6.07, 6.45) is 0.175. The molecule has 0 aliphatic carbocycles. The summed E-state index contributed by atoms with van der Waals surface area (Å²) in [6.45, 7) is 9.41. The molecule has 25 heavy (non-hydrogen) atoms. The minimum Gasteiger partial charge on any atom is -0.368 e. The second kappa shape index (κ2) is 6.92. The number of aromatic nitrogens is 4. The molecule has 0 N–H and O–H groups in total. The molecule has 1 atom stereocenters. The highest BCUT2D eigenvalue weighted by Crippen LogP contribution is 2.22. The fraction of sp³-hybridized carbons (Fsp3) is 0.556. The van der Waals surface area contributed by atoms with Gasteiger partial charge in [0.15, 0.2) is 0 Å². The molecule has 1 amide bonds. The first kappa shape index (κ1) is 17.5. The van der Waals surface area contributed by atoms with Gasteiger partial charge < -0.3 is 9.64 Å². The molecular formula is C18H25N5O2. The zero-order valence-corrected chi connectivity index (χ0v) is 15.5. The van der Waals surface area contributed by atoms with E-state index >= 15 is 0 Å². The molecule has 0 spiro atoms. The van der Waals surface area contributed by atoms with Gasteiger partial charge in [0, 0.05) is 30.5 Å². The molecular weight excluding hydrogens is 318 g/mol. The van der Waals surface area contributed by atoms with Crippen molar-refractivity contribution in [1.29, 1.82) is 0 Å². The second-order valence-corrected chi connectivity index (χ2v) is 6.63. The third kappa shape index (κ3) is 3.71. The van der Waals surface area contributed by atoms with Crippen LogP contribution < -0.4 is 0 Å². The van der Waals surface area contributed by atoms with Crippen molar-refractivity contribution in [3.05, 3.63) is 40.2 Å². The van der Waals surface area contributed by atoms with E-state index in [-0.39, 0.29) is 12.0 Å². The van der Waals surface area contributed by atoms with Gasteiger partial charge in [0.05, 0.1) is 31.0 Å². The highest BCUT2D eigenvalue weighted by atomic mass is 16.5. The third-order valence-electron chi connectivity index (χ3n) is 4.72. The lowest BCUT2D eigenvalue weighted by atomic mass is 10.1. The molecule has 134 valence electrons. The largest absolute Gasteiger partial charge is 0.368 e. The summed E-state index contributed by atoms with van der Waals surface area (Å²) in [5, 5.41) is 4.40. The van der Waals surface area contributed by atoms with Gasteiger partial charge in [0.1, 0.15) is 11.9 Å². The summed E-state index contributed by atoms with van der Waals surface area (Å²) < 4.78 is 7.68. The topological polar surface area (TPSA) is 73.1 Å². The van der Waals surface area contributed by atoms with Gasteiger partial charge in [0.2, 0.25) is 5.91 Å². The maximum Gasteiger partial charge on any atom is 0.227 e. The van der Waals surface area contributed by atoms with Crippen LogP contribution in [-0.2, 0) is 23.0 Å². The van der Waals surface area contributed by atoms with Crippen molar-refractivity contribution < 1.29 is 9.53 Å². The van der Waals surface area contributed by atoms with Crippen LogP contribution in [0, 0.1) is 27.7 Å². The highest BCUT2D eigenvalue weighted by molar-refractivity contribution is 5.79. The first-order chi connectivity index (χ1) is 11.8. The molecule has 3 heterocycles. The Morgan fingerprint density at radius 2 is 2.04 bits per heavy atom. The molecule has 7 heteroatoms. The summed E-state index contributed by atoms with van der Waals surface area (Å²) in [4.78, 5) is 23.4. The van der Waals surface area contributed by atoms with Crippen molar-refractivity contribution in [2.75, 3.05) is 19.7 Å². The summed E-state index contributed by atoms with van der Waals surface area (Å²) in [7, 11) is 1.90. The normalized spacial score (nSPS) is 17.8. The van der Waals surface area contributed by atoms with Gasteiger partial charge in [-0.1, -0.05) is 0 Å². The molecule has 2 aromatic heterocycles. The molecule has 2 aromatic rings. The van der Waals surface area contributed by atoms with E-state index in [1.165, 1.54) is 0 Å². The van der Waals surface area contributed by atoms with Crippen molar-refractivity contribution in [3.63, 3.8) is 0 Å². The molecule has 7 nitrogen and oxygen atoms in total. The van der Waals surface area contributed by atoms with Crippen molar-refractivity contribution >= 4 is 5.91 Å². The zero-order valence-electron chi connectivity index (χ0n) is 15.5. The summed E-state index contributed by atoms with van der Waals surface area (Å²) in [6, 6.07) is 1.93. The maximum atomic E-state index is 12.8. The van der Waals surface area contributed by atoms with Crippen LogP contribution >= 0.6 is 0 Å². The summed E-state index contributed by atoms with van der Waals surface area (Å²) in [5.74, 6) is 0.832. The Balaban J connectivity index is 1.73. The first-order valence-corrected chi connectivity index (χ1v) is 8.55. The van der Waals surface area contributed by atoms with Gasteiger partial charge in [0.25, 0.3) is 0 Å². The summed E-state index contributed by atoms with van der Waals surface area (Å²) >= 11 is 0. The number of amides is 1. The molecule has 1 aliphatic heterocycles. The number of carbonyl (C=O) groups excluding carboxylic acids is 1. The van der Waals surface area contributed by atoms with Crippen LogP contribution in [0.1, 0.15) is 40.3 Å². The summed E-state index contributed by atoms with van der Waals surface area (Å²) in [5.41, 5.74) is 4.73. The molecule has 0 bridgehead atoms. The third-order valence-corrected chi connectivity index (χ3v) is 4.72. The predicted molar refractivity (Wildman–Crippen MR) is 93.2 cm³/mol. The minimum absolute atomic E-state index is 0.106. The number of rotatable bonds is 3. The van der Waals surface area contributed by atoms with E-state index in [0.717, 1.165) is 34.2 Å². The van der Waals surface area contributed by atoms with E-state index in [0.29, 0.717) is 26.1 Å². The van der Waals surface area contributed by atoms with Gasteiger partial charge >= 0.3 is 0 Å². The van der Waals surface area contributed by atoms with Gasteiger partial charge in [-0.2, -0.15) is 5.10 Å². The lowest BCUT2D eigenvalue weighted by molar-refractivity contribution is -0.138. The van der Waals surface area contributed by atoms with Crippen LogP contribution in [0.3, 0.4) is 0 Å². The van der Waals surface area contributed by atoms with E-state index in [4.69, 9.17) is 4.74 Å². The van der Waals surface area contributed by atoms with Crippen molar-refractivity contribution in [3.8, 4) is 0 Å². The number of ether oxygens (including phenoxy) is 1. The smallest absolute Gasteiger partial charge is 0.227 e. The van der Waals surface area contributed by atoms with E-state index in [1.807, 2.05) is 50.4 Å². The van der Waals surface area contributed by atoms with Crippen LogP contribution in [0.15, 0.2) is 6.07 Å². The van der Waals surface area contributed by atoms with E-state index in [9.17, 15) is 4.79 Å². The number of hydrogen-bond acceptors (Lipinski definition) is 5. The highest BCUT2D eigenvalue weighted by Gasteiger charge is 2.27. The van der Waals surface area contributed by atoms with Gasteiger partial charge in [-0.3, -0.25) is 9.48 Å². The SMILES string of the molecule is Cc1cc([C@H]2CN(C(=O)Cc3c(C)nn(C)c3C)CCO2)nc(C)n1. The molecule has 1 saturated heterocycles. The van der Waals surface area contributed by atoms with Crippen molar-refractivity contribution in [2.45, 2.75) is 40.2 Å². The minimum atomic E-state index is -0.200. The fourth-order valence-electron chi connectivity index (χ4n) is 3.30. The molecule has 0 radical (unpaired) electrons. The quantitative estimate of drug-likeness (QED) is 0.846. The lowest BCUT2D eigenvalue weighted by Gasteiger charge is -2.33. The monoisotopic (exact) mass is 343 g/mol. The van der Waals surface area contributed by atoms with Crippen LogP contribution in [0.25, 0.3) is 0 Å². The zero-order chi connectivity index (χ0) is 18.1. The Morgan fingerprint density at radius 1 is 1.28 bits per heavy atom. The number of carbonyl (C=O) groups is 1. The maximum absolute atomic E-state index is 12.8. The standard InChI is InChI=1S/C18H25N5O2/c1-11-8-16(20-14(4)19-11)17-10-23(6-7-25-17)18(24)9-15-12(2)21-22(5)13(15)3/h8,17H,6-7,9-10H2,1-5H3/t17-/m1/s1. The van der Waals surface area contributed by atoms with E-state index < -0.39 is 0 Å². The Morgan fingerprint density at radius 3 is 2.68 bits per heavy atom.